The van der Waals surface area contributed by atoms with Crippen molar-refractivity contribution >= 4 is 22.7 Å². The van der Waals surface area contributed by atoms with E-state index in [2.05, 4.69) is 49.7 Å². The number of quaternary nitrogens is 1. The lowest BCUT2D eigenvalue weighted by Crippen LogP contribution is -2.54. The van der Waals surface area contributed by atoms with E-state index in [1.165, 1.54) is 0 Å². The molecule has 0 fully saturated rings. The number of imidazole rings is 1. The summed E-state index contributed by atoms with van der Waals surface area (Å²) in [5.74, 6) is 11.6. The third-order valence-electron chi connectivity index (χ3n) is 5.21. The van der Waals surface area contributed by atoms with Gasteiger partial charge in [0.25, 0.3) is 0 Å². The van der Waals surface area contributed by atoms with E-state index in [1.807, 2.05) is 16.7 Å². The lowest BCUT2D eigenvalue weighted by Gasteiger charge is -2.16. The number of aliphatic hydroxyl groups is 1. The summed E-state index contributed by atoms with van der Waals surface area (Å²) in [5.41, 5.74) is 16.5. The zero-order valence-electron chi connectivity index (χ0n) is 20.9. The number of ether oxygens (including phenoxy) is 1. The Labute approximate surface area is 217 Å². The number of nitrogens with one attached hydrogen (secondary N) is 1. The van der Waals surface area contributed by atoms with Crippen LogP contribution in [0.5, 0.6) is 5.88 Å². The van der Waals surface area contributed by atoms with Crippen LogP contribution in [0.2, 0.25) is 0 Å². The van der Waals surface area contributed by atoms with Gasteiger partial charge in [0, 0.05) is 37.0 Å². The number of aryl methyl sites for hydroxylation is 1. The monoisotopic (exact) mass is 515 g/mol. The van der Waals surface area contributed by atoms with Crippen molar-refractivity contribution in [3.05, 3.63) is 41.9 Å². The zero-order chi connectivity index (χ0) is 27.3. The average Bonchev–Trinajstić information content (AvgIpc) is 3.46. The number of fused-ring (bicyclic) bond motifs is 1. The van der Waals surface area contributed by atoms with Gasteiger partial charge in [0.2, 0.25) is 5.88 Å². The molecule has 0 radical (unpaired) electrons. The highest BCUT2D eigenvalue weighted by Gasteiger charge is 2.23. The standard InChI is InChI=1S/C25H26N10O3/c1-25(2,36)9-6-16-21-17(13-20(31-16)37-18(14-26)15-7-10-30-11-8-15)35(12-4-3-5-19(27)28)24(32-21)22-23(29)34-38-33-22/h7-8,10-11,13,18,36H,4,12,14,26H2,1-2H3,(H3,27,28)(H2,29,34)/p+1/t18-/m0/s1. The molecule has 0 unspecified atom stereocenters. The van der Waals surface area contributed by atoms with Crippen molar-refractivity contribution in [3.8, 4) is 41.1 Å². The second-order valence-electron chi connectivity index (χ2n) is 8.71. The van der Waals surface area contributed by atoms with E-state index in [-0.39, 0.29) is 28.9 Å². The first-order valence-corrected chi connectivity index (χ1v) is 11.6. The number of hydrogen-bond donors (Lipinski definition) is 5. The molecule has 0 saturated heterocycles. The number of amidine groups is 1. The maximum absolute atomic E-state index is 10.2. The van der Waals surface area contributed by atoms with Gasteiger partial charge in [-0.3, -0.25) is 10.4 Å². The topological polar surface area (TPSA) is 216 Å². The van der Waals surface area contributed by atoms with Crippen LogP contribution in [0.1, 0.15) is 37.6 Å². The summed E-state index contributed by atoms with van der Waals surface area (Å²) in [4.78, 5) is 13.4. The van der Waals surface area contributed by atoms with Crippen LogP contribution in [0, 0.1) is 29.1 Å². The maximum atomic E-state index is 10.2. The van der Waals surface area contributed by atoms with Crippen molar-refractivity contribution in [1.29, 1.82) is 5.41 Å². The van der Waals surface area contributed by atoms with Crippen molar-refractivity contribution in [3.63, 3.8) is 0 Å². The van der Waals surface area contributed by atoms with Crippen LogP contribution in [0.3, 0.4) is 0 Å². The second-order valence-corrected chi connectivity index (χ2v) is 8.71. The Hall–Kier alpha value is -4.98. The summed E-state index contributed by atoms with van der Waals surface area (Å²) < 4.78 is 12.9. The molecule has 13 nitrogen and oxygen atoms in total. The summed E-state index contributed by atoms with van der Waals surface area (Å²) in [6.07, 6.45) is 3.30. The van der Waals surface area contributed by atoms with Gasteiger partial charge in [0.15, 0.2) is 29.3 Å². The summed E-state index contributed by atoms with van der Waals surface area (Å²) in [6, 6.07) is 5.42. The van der Waals surface area contributed by atoms with Crippen LogP contribution in [-0.4, -0.2) is 52.9 Å². The summed E-state index contributed by atoms with van der Waals surface area (Å²) in [6.45, 7) is 3.91. The Morgan fingerprint density at radius 2 is 2.05 bits per heavy atom. The fourth-order valence-corrected chi connectivity index (χ4v) is 3.56. The normalized spacial score (nSPS) is 11.8. The van der Waals surface area contributed by atoms with Crippen molar-refractivity contribution < 1.29 is 20.2 Å². The molecule has 194 valence electrons. The predicted molar refractivity (Wildman–Crippen MR) is 138 cm³/mol. The summed E-state index contributed by atoms with van der Waals surface area (Å²) in [7, 11) is 0. The second kappa shape index (κ2) is 11.0. The molecule has 0 aliphatic rings. The fraction of sp³-hybridized carbons (Fsp3) is 0.280. The Balaban J connectivity index is 1.90. The molecule has 9 N–H and O–H groups in total. The van der Waals surface area contributed by atoms with Gasteiger partial charge in [-0.15, -0.1) is 0 Å². The Morgan fingerprint density at radius 3 is 2.68 bits per heavy atom. The maximum Gasteiger partial charge on any atom is 0.217 e. The van der Waals surface area contributed by atoms with Crippen LogP contribution in [-0.2, 0) is 6.54 Å². The minimum atomic E-state index is -1.27. The van der Waals surface area contributed by atoms with Crippen LogP contribution in [0.15, 0.2) is 35.2 Å². The van der Waals surface area contributed by atoms with Crippen molar-refractivity contribution in [2.45, 2.75) is 38.5 Å². The molecule has 0 aliphatic heterocycles. The van der Waals surface area contributed by atoms with Gasteiger partial charge < -0.3 is 31.6 Å². The first-order valence-electron chi connectivity index (χ1n) is 11.6. The lowest BCUT2D eigenvalue weighted by molar-refractivity contribution is -0.383. The molecular formula is C25H27N10O3+. The van der Waals surface area contributed by atoms with Gasteiger partial charge in [-0.05, 0) is 48.1 Å². The van der Waals surface area contributed by atoms with Crippen LogP contribution in [0.25, 0.3) is 22.6 Å². The van der Waals surface area contributed by atoms with E-state index in [0.717, 1.165) is 5.56 Å². The number of hydrogen-bond acceptors (Lipinski definition) is 10. The van der Waals surface area contributed by atoms with Crippen molar-refractivity contribution in [2.75, 3.05) is 12.3 Å². The number of nitrogens with zero attached hydrogens (tertiary/aromatic N) is 6. The Kier molecular flexibility index (Phi) is 7.53. The smallest absolute Gasteiger partial charge is 0.217 e. The molecule has 4 rings (SSSR count). The minimum absolute atomic E-state index is 0.0553. The SMILES string of the molecule is CC(C)(O)C#Cc1nc(O[C@@H](C[NH3+])c2ccncc2)cc2c1nc(-c1nonc1N)n2CCC#CC(=N)N. The minimum Gasteiger partial charge on any atom is -0.463 e. The Morgan fingerprint density at radius 1 is 1.29 bits per heavy atom. The highest BCUT2D eigenvalue weighted by atomic mass is 16.6. The molecule has 0 aromatic carbocycles. The quantitative estimate of drug-likeness (QED) is 0.129. The highest BCUT2D eigenvalue weighted by Crippen LogP contribution is 2.31. The first-order chi connectivity index (χ1) is 18.2. The molecular weight excluding hydrogens is 488 g/mol. The Bertz CT molecular complexity index is 1580. The number of nitrogens with two attached hydrogens (primary N) is 2. The van der Waals surface area contributed by atoms with E-state index >= 15 is 0 Å². The zero-order valence-corrected chi connectivity index (χ0v) is 20.9. The fourth-order valence-electron chi connectivity index (χ4n) is 3.56. The summed E-state index contributed by atoms with van der Waals surface area (Å²) in [5, 5.41) is 25.1. The van der Waals surface area contributed by atoms with E-state index in [0.29, 0.717) is 36.4 Å². The molecule has 1 atom stereocenters. The molecule has 4 aromatic heterocycles. The number of aromatic nitrogens is 6. The first kappa shape index (κ1) is 26.1. The predicted octanol–water partition coefficient (Wildman–Crippen LogP) is 0.272. The van der Waals surface area contributed by atoms with Crippen LogP contribution < -0.4 is 21.9 Å². The third kappa shape index (κ3) is 6.04. The van der Waals surface area contributed by atoms with Crippen molar-refractivity contribution in [2.24, 2.45) is 5.73 Å². The molecule has 4 heterocycles. The molecule has 38 heavy (non-hydrogen) atoms. The number of anilines is 1. The number of pyridine rings is 2. The summed E-state index contributed by atoms with van der Waals surface area (Å²) >= 11 is 0. The van der Waals surface area contributed by atoms with Gasteiger partial charge in [0.1, 0.15) is 23.4 Å². The van der Waals surface area contributed by atoms with Gasteiger partial charge in [-0.1, -0.05) is 11.8 Å². The van der Waals surface area contributed by atoms with E-state index in [4.69, 9.17) is 31.2 Å². The van der Waals surface area contributed by atoms with Crippen LogP contribution in [0.4, 0.5) is 5.82 Å². The van der Waals surface area contributed by atoms with Gasteiger partial charge in [-0.2, -0.15) is 0 Å². The van der Waals surface area contributed by atoms with Crippen LogP contribution >= 0.6 is 0 Å². The van der Waals surface area contributed by atoms with Gasteiger partial charge in [-0.25, -0.2) is 14.6 Å². The van der Waals surface area contributed by atoms with E-state index in [9.17, 15) is 5.11 Å². The molecule has 0 amide bonds. The van der Waals surface area contributed by atoms with Gasteiger partial charge >= 0.3 is 0 Å². The molecule has 0 aliphatic carbocycles. The third-order valence-corrected chi connectivity index (χ3v) is 5.21. The van der Waals surface area contributed by atoms with Crippen molar-refractivity contribution in [1.82, 2.24) is 29.8 Å². The van der Waals surface area contributed by atoms with Gasteiger partial charge in [0.05, 0.1) is 5.52 Å². The number of nitrogen functional groups attached to an aromatic ring is 1. The van der Waals surface area contributed by atoms with E-state index < -0.39 is 11.7 Å². The molecule has 0 bridgehead atoms. The highest BCUT2D eigenvalue weighted by molar-refractivity contribution is 5.94. The lowest BCUT2D eigenvalue weighted by atomic mass is 10.1. The average molecular weight is 516 g/mol. The molecule has 0 spiro atoms. The molecule has 13 heteroatoms. The largest absolute Gasteiger partial charge is 0.463 e. The van der Waals surface area contributed by atoms with E-state index in [1.54, 1.807) is 32.3 Å². The molecule has 0 saturated carbocycles. The molecule has 4 aromatic rings. The number of rotatable bonds is 7.